The molecule has 6 heteroatoms. The van der Waals surface area contributed by atoms with Crippen molar-refractivity contribution in [3.05, 3.63) is 36.7 Å². The molecule has 1 heterocycles. The molecular formula is C12H10F2N2O2. The number of aromatic nitrogens is 2. The third-order valence-electron chi connectivity index (χ3n) is 2.19. The van der Waals surface area contributed by atoms with E-state index < -0.39 is 6.61 Å². The molecule has 2 aromatic rings. The Morgan fingerprint density at radius 1 is 1.17 bits per heavy atom. The normalized spacial score (nSPS) is 10.4. The van der Waals surface area contributed by atoms with Crippen molar-refractivity contribution in [2.24, 2.45) is 0 Å². The smallest absolute Gasteiger partial charge is 0.387 e. The SMILES string of the molecule is COc1nccnc1-c1cccc(OC(F)F)c1. The minimum Gasteiger partial charge on any atom is -0.479 e. The molecule has 18 heavy (non-hydrogen) atoms. The van der Waals surface area contributed by atoms with Gasteiger partial charge in [0.15, 0.2) is 0 Å². The zero-order valence-corrected chi connectivity index (χ0v) is 9.51. The molecule has 0 aliphatic rings. The molecule has 0 saturated carbocycles. The molecule has 0 atom stereocenters. The predicted molar refractivity (Wildman–Crippen MR) is 60.7 cm³/mol. The number of methoxy groups -OCH3 is 1. The highest BCUT2D eigenvalue weighted by Gasteiger charge is 2.10. The summed E-state index contributed by atoms with van der Waals surface area (Å²) in [6.45, 7) is -2.86. The summed E-state index contributed by atoms with van der Waals surface area (Å²) in [6.07, 6.45) is 2.99. The van der Waals surface area contributed by atoms with Crippen molar-refractivity contribution in [1.29, 1.82) is 0 Å². The van der Waals surface area contributed by atoms with Gasteiger partial charge in [0.25, 0.3) is 0 Å². The summed E-state index contributed by atoms with van der Waals surface area (Å²) >= 11 is 0. The summed E-state index contributed by atoms with van der Waals surface area (Å²) in [6, 6.07) is 6.21. The first-order valence-electron chi connectivity index (χ1n) is 5.11. The van der Waals surface area contributed by atoms with Gasteiger partial charge in [0.2, 0.25) is 5.88 Å². The van der Waals surface area contributed by atoms with Gasteiger partial charge in [-0.3, -0.25) is 0 Å². The van der Waals surface area contributed by atoms with E-state index in [9.17, 15) is 8.78 Å². The molecule has 0 fully saturated rings. The first-order valence-corrected chi connectivity index (χ1v) is 5.11. The van der Waals surface area contributed by atoms with Crippen molar-refractivity contribution in [2.75, 3.05) is 7.11 Å². The van der Waals surface area contributed by atoms with E-state index in [2.05, 4.69) is 14.7 Å². The summed E-state index contributed by atoms with van der Waals surface area (Å²) in [7, 11) is 1.47. The first-order chi connectivity index (χ1) is 8.70. The second-order valence-electron chi connectivity index (χ2n) is 3.32. The van der Waals surface area contributed by atoms with Crippen LogP contribution >= 0.6 is 0 Å². The lowest BCUT2D eigenvalue weighted by molar-refractivity contribution is -0.0498. The lowest BCUT2D eigenvalue weighted by atomic mass is 10.1. The van der Waals surface area contributed by atoms with Gasteiger partial charge in [-0.15, -0.1) is 0 Å². The van der Waals surface area contributed by atoms with E-state index in [1.54, 1.807) is 12.1 Å². The maximum Gasteiger partial charge on any atom is 0.387 e. The minimum atomic E-state index is -2.86. The van der Waals surface area contributed by atoms with Crippen LogP contribution in [0.1, 0.15) is 0 Å². The zero-order valence-electron chi connectivity index (χ0n) is 9.51. The summed E-state index contributed by atoms with van der Waals surface area (Å²) in [5.74, 6) is 0.391. The highest BCUT2D eigenvalue weighted by Crippen LogP contribution is 2.28. The van der Waals surface area contributed by atoms with Crippen LogP contribution in [0.5, 0.6) is 11.6 Å². The molecule has 0 N–H and O–H groups in total. The largest absolute Gasteiger partial charge is 0.479 e. The maximum atomic E-state index is 12.1. The van der Waals surface area contributed by atoms with Gasteiger partial charge >= 0.3 is 6.61 Å². The number of halogens is 2. The fourth-order valence-electron chi connectivity index (χ4n) is 1.49. The van der Waals surface area contributed by atoms with Gasteiger partial charge in [0, 0.05) is 18.0 Å². The van der Waals surface area contributed by atoms with Gasteiger partial charge in [-0.2, -0.15) is 8.78 Å². The number of benzene rings is 1. The van der Waals surface area contributed by atoms with E-state index >= 15 is 0 Å². The Hall–Kier alpha value is -2.24. The highest BCUT2D eigenvalue weighted by molar-refractivity contribution is 5.65. The second-order valence-corrected chi connectivity index (χ2v) is 3.32. The van der Waals surface area contributed by atoms with E-state index in [0.29, 0.717) is 17.1 Å². The van der Waals surface area contributed by atoms with Gasteiger partial charge in [-0.25, -0.2) is 9.97 Å². The fourth-order valence-corrected chi connectivity index (χ4v) is 1.49. The van der Waals surface area contributed by atoms with Crippen LogP contribution in [0, 0.1) is 0 Å². The molecule has 2 rings (SSSR count). The van der Waals surface area contributed by atoms with Gasteiger partial charge in [0.1, 0.15) is 11.4 Å². The molecule has 0 saturated heterocycles. The molecule has 1 aromatic carbocycles. The number of nitrogens with zero attached hydrogens (tertiary/aromatic N) is 2. The Morgan fingerprint density at radius 2 is 1.94 bits per heavy atom. The molecule has 1 aromatic heterocycles. The fraction of sp³-hybridized carbons (Fsp3) is 0.167. The van der Waals surface area contributed by atoms with Crippen LogP contribution in [0.25, 0.3) is 11.3 Å². The van der Waals surface area contributed by atoms with Crippen LogP contribution in [0.3, 0.4) is 0 Å². The van der Waals surface area contributed by atoms with E-state index in [1.165, 1.54) is 31.6 Å². The number of rotatable bonds is 4. The molecular weight excluding hydrogens is 242 g/mol. The summed E-state index contributed by atoms with van der Waals surface area (Å²) < 4.78 is 33.6. The van der Waals surface area contributed by atoms with Crippen molar-refractivity contribution in [2.45, 2.75) is 6.61 Å². The van der Waals surface area contributed by atoms with Crippen LogP contribution in [0.2, 0.25) is 0 Å². The summed E-state index contributed by atoms with van der Waals surface area (Å²) in [5, 5.41) is 0. The third-order valence-corrected chi connectivity index (χ3v) is 2.19. The van der Waals surface area contributed by atoms with Gasteiger partial charge < -0.3 is 9.47 Å². The van der Waals surface area contributed by atoms with Gasteiger partial charge in [-0.05, 0) is 12.1 Å². The third kappa shape index (κ3) is 2.71. The first kappa shape index (κ1) is 12.2. The Bertz CT molecular complexity index is 535. The van der Waals surface area contributed by atoms with E-state index in [0.717, 1.165) is 0 Å². The molecule has 0 bridgehead atoms. The highest BCUT2D eigenvalue weighted by atomic mass is 19.3. The maximum absolute atomic E-state index is 12.1. The Labute approximate surface area is 102 Å². The quantitative estimate of drug-likeness (QED) is 0.839. The molecule has 0 aliphatic carbocycles. The van der Waals surface area contributed by atoms with Crippen molar-refractivity contribution in [3.8, 4) is 22.9 Å². The van der Waals surface area contributed by atoms with Crippen molar-refractivity contribution in [3.63, 3.8) is 0 Å². The Morgan fingerprint density at radius 3 is 2.67 bits per heavy atom. The average molecular weight is 252 g/mol. The zero-order chi connectivity index (χ0) is 13.0. The Kier molecular flexibility index (Phi) is 3.66. The van der Waals surface area contributed by atoms with Crippen LogP contribution in [0.15, 0.2) is 36.7 Å². The van der Waals surface area contributed by atoms with Crippen LogP contribution in [0.4, 0.5) is 8.78 Å². The van der Waals surface area contributed by atoms with Crippen molar-refractivity contribution >= 4 is 0 Å². The van der Waals surface area contributed by atoms with Crippen LogP contribution in [-0.4, -0.2) is 23.7 Å². The topological polar surface area (TPSA) is 44.2 Å². The molecule has 0 amide bonds. The standard InChI is InChI=1S/C12H10F2N2O2/c1-17-11-10(15-5-6-16-11)8-3-2-4-9(7-8)18-12(13)14/h2-7,12H,1H3. The molecule has 4 nitrogen and oxygen atoms in total. The molecule has 94 valence electrons. The van der Waals surface area contributed by atoms with Crippen LogP contribution < -0.4 is 9.47 Å². The number of hydrogen-bond donors (Lipinski definition) is 0. The molecule has 0 radical (unpaired) electrons. The summed E-state index contributed by atoms with van der Waals surface area (Å²) in [5.41, 5.74) is 1.07. The molecule has 0 spiro atoms. The lowest BCUT2D eigenvalue weighted by Gasteiger charge is -2.08. The Balaban J connectivity index is 2.38. The summed E-state index contributed by atoms with van der Waals surface area (Å²) in [4.78, 5) is 8.10. The number of ether oxygens (including phenoxy) is 2. The number of alkyl halides is 2. The predicted octanol–water partition coefficient (Wildman–Crippen LogP) is 2.75. The minimum absolute atomic E-state index is 0.0650. The van der Waals surface area contributed by atoms with E-state index in [-0.39, 0.29) is 5.75 Å². The van der Waals surface area contributed by atoms with Crippen molar-refractivity contribution < 1.29 is 18.3 Å². The van der Waals surface area contributed by atoms with Gasteiger partial charge in [-0.1, -0.05) is 12.1 Å². The average Bonchev–Trinajstić information content (AvgIpc) is 2.38. The number of hydrogen-bond acceptors (Lipinski definition) is 4. The second kappa shape index (κ2) is 5.39. The van der Waals surface area contributed by atoms with E-state index in [4.69, 9.17) is 4.74 Å². The molecule has 0 aliphatic heterocycles. The van der Waals surface area contributed by atoms with Crippen LogP contribution in [-0.2, 0) is 0 Å². The van der Waals surface area contributed by atoms with E-state index in [1.807, 2.05) is 0 Å². The lowest BCUT2D eigenvalue weighted by Crippen LogP contribution is -2.02. The van der Waals surface area contributed by atoms with Gasteiger partial charge in [0.05, 0.1) is 7.11 Å². The van der Waals surface area contributed by atoms with Crippen molar-refractivity contribution in [1.82, 2.24) is 9.97 Å². The monoisotopic (exact) mass is 252 g/mol. The molecule has 0 unspecified atom stereocenters.